The summed E-state index contributed by atoms with van der Waals surface area (Å²) in [5, 5.41) is 2.91. The highest BCUT2D eigenvalue weighted by atomic mass is 32.2. The topological polar surface area (TPSA) is 66.5 Å². The van der Waals surface area contributed by atoms with E-state index in [1.165, 1.54) is 11.4 Å². The number of nitrogens with one attached hydrogen (secondary N) is 1. The van der Waals surface area contributed by atoms with Gasteiger partial charge in [-0.15, -0.1) is 0 Å². The fourth-order valence-electron chi connectivity index (χ4n) is 2.71. The van der Waals surface area contributed by atoms with Crippen LogP contribution in [-0.2, 0) is 10.0 Å². The molecule has 0 radical (unpaired) electrons. The number of anilines is 1. The van der Waals surface area contributed by atoms with E-state index in [2.05, 4.69) is 26.1 Å². The van der Waals surface area contributed by atoms with Gasteiger partial charge in [-0.1, -0.05) is 44.5 Å². The lowest BCUT2D eigenvalue weighted by atomic mass is 10.1. The molecule has 2 aromatic rings. The maximum Gasteiger partial charge on any atom is 0.264 e. The van der Waals surface area contributed by atoms with Gasteiger partial charge < -0.3 is 5.32 Å². The van der Waals surface area contributed by atoms with E-state index in [-0.39, 0.29) is 15.5 Å². The van der Waals surface area contributed by atoms with E-state index in [1.54, 1.807) is 54.2 Å². The maximum absolute atomic E-state index is 13.0. The summed E-state index contributed by atoms with van der Waals surface area (Å²) in [7, 11) is -2.20. The van der Waals surface area contributed by atoms with Crippen LogP contribution in [0.15, 0.2) is 47.4 Å². The van der Waals surface area contributed by atoms with Crippen molar-refractivity contribution < 1.29 is 13.2 Å². The Hall–Kier alpha value is -1.99. The zero-order valence-electron chi connectivity index (χ0n) is 17.9. The van der Waals surface area contributed by atoms with Crippen LogP contribution in [0, 0.1) is 13.8 Å². The average molecular weight is 435 g/mol. The molecule has 1 amide bonds. The zero-order valence-corrected chi connectivity index (χ0v) is 19.6. The van der Waals surface area contributed by atoms with Crippen molar-refractivity contribution in [3.63, 3.8) is 0 Å². The number of thioether (sulfide) groups is 1. The minimum Gasteiger partial charge on any atom is -0.351 e. The Balaban J connectivity index is 2.19. The number of hydrogen-bond donors (Lipinski definition) is 1. The highest BCUT2D eigenvalue weighted by Crippen LogP contribution is 2.27. The second-order valence-electron chi connectivity index (χ2n) is 8.00. The lowest BCUT2D eigenvalue weighted by molar-refractivity contribution is 0.0956. The summed E-state index contributed by atoms with van der Waals surface area (Å²) < 4.78 is 27.4. The zero-order chi connectivity index (χ0) is 21.8. The molecule has 0 bridgehead atoms. The van der Waals surface area contributed by atoms with E-state index in [9.17, 15) is 13.2 Å². The van der Waals surface area contributed by atoms with Gasteiger partial charge in [-0.25, -0.2) is 8.42 Å². The quantitative estimate of drug-likeness (QED) is 0.657. The number of carbonyl (C=O) groups is 1. The van der Waals surface area contributed by atoms with Crippen LogP contribution in [0.3, 0.4) is 0 Å². The third kappa shape index (κ3) is 6.24. The van der Waals surface area contributed by atoms with Gasteiger partial charge in [0, 0.05) is 29.7 Å². The van der Waals surface area contributed by atoms with Crippen molar-refractivity contribution in [3.8, 4) is 0 Å². The van der Waals surface area contributed by atoms with Crippen molar-refractivity contribution in [1.29, 1.82) is 0 Å². The smallest absolute Gasteiger partial charge is 0.264 e. The molecule has 0 saturated carbocycles. The van der Waals surface area contributed by atoms with Crippen molar-refractivity contribution in [2.24, 2.45) is 0 Å². The highest BCUT2D eigenvalue weighted by molar-refractivity contribution is 8.00. The van der Waals surface area contributed by atoms with Crippen LogP contribution in [0.5, 0.6) is 0 Å². The monoisotopic (exact) mass is 434 g/mol. The molecule has 0 unspecified atom stereocenters. The number of sulfonamides is 1. The predicted octanol–water partition coefficient (Wildman–Crippen LogP) is 4.39. The fourth-order valence-corrected chi connectivity index (χ4v) is 4.78. The minimum atomic E-state index is -3.71. The number of carbonyl (C=O) groups excluding carboxylic acids is 1. The molecule has 5 nitrogen and oxygen atoms in total. The molecule has 0 aliphatic carbocycles. The second kappa shape index (κ2) is 9.22. The van der Waals surface area contributed by atoms with Gasteiger partial charge in [0.25, 0.3) is 15.9 Å². The lowest BCUT2D eigenvalue weighted by Crippen LogP contribution is -2.29. The average Bonchev–Trinajstić information content (AvgIpc) is 2.64. The Morgan fingerprint density at radius 2 is 1.69 bits per heavy atom. The first-order valence-corrected chi connectivity index (χ1v) is 11.9. The molecule has 158 valence electrons. The molecular formula is C22H30N2O3S2. The van der Waals surface area contributed by atoms with Crippen LogP contribution in [0.2, 0.25) is 0 Å². The Bertz CT molecular complexity index is 963. The van der Waals surface area contributed by atoms with Gasteiger partial charge in [-0.3, -0.25) is 9.10 Å². The molecular weight excluding hydrogens is 404 g/mol. The molecule has 1 N–H and O–H groups in total. The first-order valence-electron chi connectivity index (χ1n) is 9.50. The number of amides is 1. The first-order chi connectivity index (χ1) is 13.4. The van der Waals surface area contributed by atoms with Crippen LogP contribution < -0.4 is 9.62 Å². The minimum absolute atomic E-state index is 0.148. The van der Waals surface area contributed by atoms with E-state index in [0.29, 0.717) is 17.8 Å². The van der Waals surface area contributed by atoms with Gasteiger partial charge in [-0.05, 0) is 43.7 Å². The van der Waals surface area contributed by atoms with Gasteiger partial charge >= 0.3 is 0 Å². The molecule has 0 aliphatic heterocycles. The van der Waals surface area contributed by atoms with Crippen LogP contribution in [0.25, 0.3) is 0 Å². The van der Waals surface area contributed by atoms with E-state index >= 15 is 0 Å². The van der Waals surface area contributed by atoms with Gasteiger partial charge in [0.2, 0.25) is 0 Å². The molecule has 29 heavy (non-hydrogen) atoms. The number of benzene rings is 2. The van der Waals surface area contributed by atoms with Crippen molar-refractivity contribution in [2.45, 2.75) is 44.3 Å². The van der Waals surface area contributed by atoms with Crippen LogP contribution in [0.4, 0.5) is 5.69 Å². The van der Waals surface area contributed by atoms with Crippen LogP contribution in [0.1, 0.15) is 42.3 Å². The summed E-state index contributed by atoms with van der Waals surface area (Å²) in [4.78, 5) is 12.7. The Morgan fingerprint density at radius 1 is 1.07 bits per heavy atom. The highest BCUT2D eigenvalue weighted by Gasteiger charge is 2.23. The van der Waals surface area contributed by atoms with Crippen molar-refractivity contribution in [3.05, 3.63) is 59.2 Å². The summed E-state index contributed by atoms with van der Waals surface area (Å²) in [5.74, 6) is 0.609. The first kappa shape index (κ1) is 23.3. The second-order valence-corrected chi connectivity index (χ2v) is 11.9. The van der Waals surface area contributed by atoms with Gasteiger partial charge in [0.15, 0.2) is 0 Å². The number of hydrogen-bond acceptors (Lipinski definition) is 4. The summed E-state index contributed by atoms with van der Waals surface area (Å²) in [6, 6.07) is 11.9. The van der Waals surface area contributed by atoms with E-state index in [4.69, 9.17) is 0 Å². The van der Waals surface area contributed by atoms with Gasteiger partial charge in [0.1, 0.15) is 0 Å². The molecule has 0 fully saturated rings. The van der Waals surface area contributed by atoms with Crippen LogP contribution >= 0.6 is 11.8 Å². The van der Waals surface area contributed by atoms with Crippen LogP contribution in [-0.4, -0.2) is 38.4 Å². The van der Waals surface area contributed by atoms with Crippen molar-refractivity contribution in [2.75, 3.05) is 23.7 Å². The molecule has 7 heteroatoms. The number of rotatable bonds is 7. The standard InChI is InChI=1S/C22H30N2O3S2/c1-16-7-11-19(12-8-16)29(26,27)24(6)20-15-18(10-9-17(20)2)21(25)23-13-14-28-22(3,4)5/h7-12,15H,13-14H2,1-6H3,(H,23,25). The SMILES string of the molecule is Cc1ccc(S(=O)(=O)N(C)c2cc(C(=O)NCCSC(C)(C)C)ccc2C)cc1. The number of aryl methyl sites for hydroxylation is 2. The fraction of sp³-hybridized carbons (Fsp3) is 0.409. The third-order valence-corrected chi connectivity index (χ3v) is 7.47. The number of nitrogens with zero attached hydrogens (tertiary/aromatic N) is 1. The molecule has 0 aromatic heterocycles. The summed E-state index contributed by atoms with van der Waals surface area (Å²) in [6.45, 7) is 10.7. The van der Waals surface area contributed by atoms with E-state index in [1.807, 2.05) is 13.8 Å². The molecule has 2 rings (SSSR count). The van der Waals surface area contributed by atoms with Crippen molar-refractivity contribution in [1.82, 2.24) is 5.32 Å². The molecule has 2 aromatic carbocycles. The van der Waals surface area contributed by atoms with Gasteiger partial charge in [-0.2, -0.15) is 11.8 Å². The molecule has 0 atom stereocenters. The lowest BCUT2D eigenvalue weighted by Gasteiger charge is -2.22. The van der Waals surface area contributed by atoms with E-state index in [0.717, 1.165) is 16.9 Å². The summed E-state index contributed by atoms with van der Waals surface area (Å²) >= 11 is 1.78. The van der Waals surface area contributed by atoms with Crippen molar-refractivity contribution >= 4 is 33.4 Å². The molecule has 0 spiro atoms. The molecule has 0 aliphatic rings. The molecule has 0 saturated heterocycles. The molecule has 0 heterocycles. The normalized spacial score (nSPS) is 11.9. The summed E-state index contributed by atoms with van der Waals surface area (Å²) in [6.07, 6.45) is 0. The maximum atomic E-state index is 13.0. The Kier molecular flexibility index (Phi) is 7.40. The Morgan fingerprint density at radius 3 is 2.28 bits per heavy atom. The van der Waals surface area contributed by atoms with E-state index < -0.39 is 10.0 Å². The largest absolute Gasteiger partial charge is 0.351 e. The van der Waals surface area contributed by atoms with Gasteiger partial charge in [0.05, 0.1) is 10.6 Å². The Labute approximate surface area is 178 Å². The summed E-state index contributed by atoms with van der Waals surface area (Å²) in [5.41, 5.74) is 2.70. The third-order valence-electron chi connectivity index (χ3n) is 4.41. The predicted molar refractivity (Wildman–Crippen MR) is 122 cm³/mol.